The summed E-state index contributed by atoms with van der Waals surface area (Å²) in [6, 6.07) is 26.0. The lowest BCUT2D eigenvalue weighted by Gasteiger charge is -2.11. The number of para-hydroxylation sites is 1. The summed E-state index contributed by atoms with van der Waals surface area (Å²) >= 11 is 2.30. The first-order valence-electron chi connectivity index (χ1n) is 7.92. The fourth-order valence-corrected chi connectivity index (χ4v) is 3.09. The van der Waals surface area contributed by atoms with E-state index in [1.54, 1.807) is 0 Å². The second kappa shape index (κ2) is 7.11. The van der Waals surface area contributed by atoms with Gasteiger partial charge < -0.3 is 10.1 Å². The molecule has 1 aromatic heterocycles. The molecule has 0 bridgehead atoms. The van der Waals surface area contributed by atoms with E-state index in [2.05, 4.69) is 51.1 Å². The number of ether oxygens (including phenoxy) is 1. The summed E-state index contributed by atoms with van der Waals surface area (Å²) in [6.07, 6.45) is 1.83. The van der Waals surface area contributed by atoms with Crippen LogP contribution in [0.25, 0.3) is 10.9 Å². The molecule has 4 rings (SSSR count). The van der Waals surface area contributed by atoms with Gasteiger partial charge in [0.2, 0.25) is 0 Å². The number of anilines is 2. The Balaban J connectivity index is 1.55. The van der Waals surface area contributed by atoms with Crippen LogP contribution in [0.3, 0.4) is 0 Å². The van der Waals surface area contributed by atoms with E-state index in [-0.39, 0.29) is 0 Å². The molecule has 0 amide bonds. The molecule has 1 heterocycles. The van der Waals surface area contributed by atoms with Crippen LogP contribution in [0, 0.1) is 3.57 Å². The van der Waals surface area contributed by atoms with Crippen LogP contribution in [0.15, 0.2) is 85.1 Å². The molecule has 0 radical (unpaired) electrons. The van der Waals surface area contributed by atoms with E-state index < -0.39 is 0 Å². The third kappa shape index (κ3) is 3.74. The Morgan fingerprint density at radius 2 is 1.56 bits per heavy atom. The van der Waals surface area contributed by atoms with Gasteiger partial charge in [0.1, 0.15) is 11.5 Å². The second-order valence-electron chi connectivity index (χ2n) is 5.58. The van der Waals surface area contributed by atoms with Crippen molar-refractivity contribution in [2.75, 3.05) is 5.32 Å². The van der Waals surface area contributed by atoms with Gasteiger partial charge in [0.15, 0.2) is 0 Å². The predicted molar refractivity (Wildman–Crippen MR) is 111 cm³/mol. The van der Waals surface area contributed by atoms with Gasteiger partial charge >= 0.3 is 0 Å². The number of fused-ring (bicyclic) bond motifs is 1. The van der Waals surface area contributed by atoms with Crippen molar-refractivity contribution < 1.29 is 4.74 Å². The minimum atomic E-state index is 0.811. The highest BCUT2D eigenvalue weighted by molar-refractivity contribution is 14.1. The Morgan fingerprint density at radius 3 is 2.36 bits per heavy atom. The predicted octanol–water partition coefficient (Wildman–Crippen LogP) is 6.38. The molecule has 0 fully saturated rings. The van der Waals surface area contributed by atoms with Crippen molar-refractivity contribution >= 4 is 44.9 Å². The standard InChI is InChI=1S/C21H15IN2O/c22-15-6-11-19-20(12-13-23-21(19)14-15)24-16-7-9-18(10-8-16)25-17-4-2-1-3-5-17/h1-14H,(H,23,24). The molecule has 0 atom stereocenters. The molecule has 3 aromatic carbocycles. The lowest BCUT2D eigenvalue weighted by Crippen LogP contribution is -1.93. The molecule has 0 aliphatic carbocycles. The van der Waals surface area contributed by atoms with Gasteiger partial charge in [-0.05, 0) is 83.3 Å². The van der Waals surface area contributed by atoms with Crippen molar-refractivity contribution in [2.24, 2.45) is 0 Å². The van der Waals surface area contributed by atoms with Crippen molar-refractivity contribution in [1.82, 2.24) is 4.98 Å². The van der Waals surface area contributed by atoms with Gasteiger partial charge in [-0.3, -0.25) is 4.98 Å². The summed E-state index contributed by atoms with van der Waals surface area (Å²) in [4.78, 5) is 4.44. The summed E-state index contributed by atoms with van der Waals surface area (Å²) < 4.78 is 7.01. The van der Waals surface area contributed by atoms with Gasteiger partial charge in [0.05, 0.1) is 5.52 Å². The molecule has 122 valence electrons. The maximum atomic E-state index is 5.83. The number of hydrogen-bond acceptors (Lipinski definition) is 3. The van der Waals surface area contributed by atoms with Crippen LogP contribution in [-0.4, -0.2) is 4.98 Å². The van der Waals surface area contributed by atoms with E-state index in [9.17, 15) is 0 Å². The van der Waals surface area contributed by atoms with Crippen LogP contribution in [-0.2, 0) is 0 Å². The largest absolute Gasteiger partial charge is 0.457 e. The Bertz CT molecular complexity index is 1000. The van der Waals surface area contributed by atoms with Crippen LogP contribution in [0.2, 0.25) is 0 Å². The third-order valence-electron chi connectivity index (χ3n) is 3.82. The van der Waals surface area contributed by atoms with Crippen molar-refractivity contribution in [1.29, 1.82) is 0 Å². The van der Waals surface area contributed by atoms with E-state index in [0.29, 0.717) is 0 Å². The Hall–Kier alpha value is -2.60. The van der Waals surface area contributed by atoms with Crippen molar-refractivity contribution in [3.05, 3.63) is 88.6 Å². The number of benzene rings is 3. The van der Waals surface area contributed by atoms with Crippen LogP contribution in [0.4, 0.5) is 11.4 Å². The highest BCUT2D eigenvalue weighted by Gasteiger charge is 2.04. The topological polar surface area (TPSA) is 34.1 Å². The van der Waals surface area contributed by atoms with Crippen molar-refractivity contribution in [3.8, 4) is 11.5 Å². The number of hydrogen-bond donors (Lipinski definition) is 1. The first-order valence-corrected chi connectivity index (χ1v) is 9.00. The van der Waals surface area contributed by atoms with Crippen LogP contribution < -0.4 is 10.1 Å². The first kappa shape index (κ1) is 15.9. The summed E-state index contributed by atoms with van der Waals surface area (Å²) in [5.74, 6) is 1.64. The molecular weight excluding hydrogens is 423 g/mol. The fraction of sp³-hybridized carbons (Fsp3) is 0. The number of halogens is 1. The van der Waals surface area contributed by atoms with E-state index in [1.165, 1.54) is 3.57 Å². The number of nitrogens with one attached hydrogen (secondary N) is 1. The Kier molecular flexibility index (Phi) is 4.52. The molecule has 0 spiro atoms. The SMILES string of the molecule is Ic1ccc2c(Nc3ccc(Oc4ccccc4)cc3)ccnc2c1. The smallest absolute Gasteiger partial charge is 0.127 e. The summed E-state index contributed by atoms with van der Waals surface area (Å²) in [6.45, 7) is 0. The van der Waals surface area contributed by atoms with Gasteiger partial charge in [-0.15, -0.1) is 0 Å². The number of aromatic nitrogens is 1. The van der Waals surface area contributed by atoms with Crippen LogP contribution in [0.5, 0.6) is 11.5 Å². The van der Waals surface area contributed by atoms with Gasteiger partial charge in [0, 0.05) is 26.5 Å². The van der Waals surface area contributed by atoms with E-state index in [0.717, 1.165) is 33.8 Å². The lowest BCUT2D eigenvalue weighted by atomic mass is 10.2. The average molecular weight is 438 g/mol. The maximum absolute atomic E-state index is 5.83. The van der Waals surface area contributed by atoms with Gasteiger partial charge in [-0.2, -0.15) is 0 Å². The lowest BCUT2D eigenvalue weighted by molar-refractivity contribution is 0.483. The summed E-state index contributed by atoms with van der Waals surface area (Å²) in [5, 5.41) is 4.56. The summed E-state index contributed by atoms with van der Waals surface area (Å²) in [5.41, 5.74) is 3.03. The Labute approximate surface area is 159 Å². The molecule has 0 saturated heterocycles. The molecule has 0 aliphatic rings. The number of rotatable bonds is 4. The monoisotopic (exact) mass is 438 g/mol. The first-order chi connectivity index (χ1) is 12.3. The zero-order valence-electron chi connectivity index (χ0n) is 13.3. The Morgan fingerprint density at radius 1 is 0.800 bits per heavy atom. The molecule has 0 saturated carbocycles. The molecule has 4 aromatic rings. The van der Waals surface area contributed by atoms with Crippen LogP contribution >= 0.6 is 22.6 Å². The quantitative estimate of drug-likeness (QED) is 0.376. The second-order valence-corrected chi connectivity index (χ2v) is 6.83. The zero-order chi connectivity index (χ0) is 17.1. The van der Waals surface area contributed by atoms with Gasteiger partial charge in [-0.1, -0.05) is 18.2 Å². The van der Waals surface area contributed by atoms with E-state index in [1.807, 2.05) is 66.9 Å². The molecule has 25 heavy (non-hydrogen) atoms. The fourth-order valence-electron chi connectivity index (χ4n) is 2.62. The molecule has 4 heteroatoms. The minimum absolute atomic E-state index is 0.811. The highest BCUT2D eigenvalue weighted by atomic mass is 127. The van der Waals surface area contributed by atoms with E-state index in [4.69, 9.17) is 4.74 Å². The van der Waals surface area contributed by atoms with Gasteiger partial charge in [0.25, 0.3) is 0 Å². The van der Waals surface area contributed by atoms with Crippen molar-refractivity contribution in [3.63, 3.8) is 0 Å². The molecule has 3 nitrogen and oxygen atoms in total. The average Bonchev–Trinajstić information content (AvgIpc) is 2.64. The van der Waals surface area contributed by atoms with Crippen LogP contribution in [0.1, 0.15) is 0 Å². The highest BCUT2D eigenvalue weighted by Crippen LogP contribution is 2.28. The van der Waals surface area contributed by atoms with Gasteiger partial charge in [-0.25, -0.2) is 0 Å². The normalized spacial score (nSPS) is 10.6. The number of nitrogens with zero attached hydrogens (tertiary/aromatic N) is 1. The summed E-state index contributed by atoms with van der Waals surface area (Å²) in [7, 11) is 0. The van der Waals surface area contributed by atoms with E-state index >= 15 is 0 Å². The zero-order valence-corrected chi connectivity index (χ0v) is 15.5. The molecule has 1 N–H and O–H groups in total. The molecule has 0 unspecified atom stereocenters. The minimum Gasteiger partial charge on any atom is -0.457 e. The molecular formula is C21H15IN2O. The molecule has 0 aliphatic heterocycles. The van der Waals surface area contributed by atoms with Crippen molar-refractivity contribution in [2.45, 2.75) is 0 Å². The number of pyridine rings is 1. The maximum Gasteiger partial charge on any atom is 0.127 e. The third-order valence-corrected chi connectivity index (χ3v) is 4.49.